The number of carbonyl (C=O) groups excluding carboxylic acids is 2. The number of hydrogen-bond acceptors (Lipinski definition) is 8. The molecule has 1 aromatic carbocycles. The summed E-state index contributed by atoms with van der Waals surface area (Å²) in [6.07, 6.45) is -0.646. The number of anilines is 1. The maximum Gasteiger partial charge on any atom is 0.410 e. The molecule has 1 N–H and O–H groups in total. The highest BCUT2D eigenvalue weighted by Gasteiger charge is 2.31. The van der Waals surface area contributed by atoms with Gasteiger partial charge >= 0.3 is 6.09 Å². The van der Waals surface area contributed by atoms with Crippen molar-refractivity contribution in [2.45, 2.75) is 45.0 Å². The maximum atomic E-state index is 12.5. The third-order valence-corrected chi connectivity index (χ3v) is 5.01. The smallest absolute Gasteiger partial charge is 0.410 e. The number of likely N-dealkylation sites (tertiary alicyclic amines) is 1. The predicted octanol–water partition coefficient (Wildman–Crippen LogP) is 3.25. The lowest BCUT2D eigenvalue weighted by atomic mass is 10.1. The SMILES string of the molecule is CO[C@H](C(=O)Nc1nnc(O[C@@H]2CCN(C(=O)OC(C)(C)C)C2)s1)c1ccccc1. The Balaban J connectivity index is 1.53. The molecular weight excluding hydrogens is 408 g/mol. The Labute approximate surface area is 179 Å². The number of methoxy groups -OCH3 is 1. The average Bonchev–Trinajstić information content (AvgIpc) is 3.32. The standard InChI is InChI=1S/C20H26N4O5S/c1-20(2,3)29-19(26)24-11-10-14(12-24)28-18-23-22-17(30-18)21-16(25)15(27-4)13-8-6-5-7-9-13/h5-9,14-15H,10-12H2,1-4H3,(H,21,22,25)/t14-,15+/m1/s1. The second-order valence-electron chi connectivity index (χ2n) is 7.84. The van der Waals surface area contributed by atoms with Crippen LogP contribution in [0.1, 0.15) is 38.9 Å². The van der Waals surface area contributed by atoms with Gasteiger partial charge in [0.15, 0.2) is 6.10 Å². The highest BCUT2D eigenvalue weighted by atomic mass is 32.1. The Morgan fingerprint density at radius 2 is 1.97 bits per heavy atom. The van der Waals surface area contributed by atoms with E-state index in [-0.39, 0.29) is 18.1 Å². The topological polar surface area (TPSA) is 103 Å². The third-order valence-electron chi connectivity index (χ3n) is 4.28. The Hall–Kier alpha value is -2.72. The first kappa shape index (κ1) is 22.0. The van der Waals surface area contributed by atoms with Crippen LogP contribution in [0.25, 0.3) is 0 Å². The van der Waals surface area contributed by atoms with Crippen molar-refractivity contribution in [2.24, 2.45) is 0 Å². The summed E-state index contributed by atoms with van der Waals surface area (Å²) in [7, 11) is 1.47. The summed E-state index contributed by atoms with van der Waals surface area (Å²) >= 11 is 1.12. The second kappa shape index (κ2) is 9.40. The molecule has 1 aromatic heterocycles. The summed E-state index contributed by atoms with van der Waals surface area (Å²) in [6.45, 7) is 6.46. The van der Waals surface area contributed by atoms with Crippen LogP contribution < -0.4 is 10.1 Å². The Bertz CT molecular complexity index is 868. The molecule has 2 heterocycles. The van der Waals surface area contributed by atoms with Crippen LogP contribution in [0.3, 0.4) is 0 Å². The van der Waals surface area contributed by atoms with E-state index < -0.39 is 11.7 Å². The van der Waals surface area contributed by atoms with Crippen LogP contribution >= 0.6 is 11.3 Å². The van der Waals surface area contributed by atoms with E-state index in [1.54, 1.807) is 4.90 Å². The van der Waals surface area contributed by atoms with Gasteiger partial charge in [0.25, 0.3) is 11.1 Å². The van der Waals surface area contributed by atoms with Gasteiger partial charge in [-0.25, -0.2) is 4.79 Å². The molecular formula is C20H26N4O5S. The summed E-state index contributed by atoms with van der Waals surface area (Å²) in [4.78, 5) is 26.3. The average molecular weight is 435 g/mol. The zero-order valence-corrected chi connectivity index (χ0v) is 18.3. The molecule has 0 saturated carbocycles. The van der Waals surface area contributed by atoms with Gasteiger partial charge < -0.3 is 19.1 Å². The number of rotatable bonds is 6. The highest BCUT2D eigenvalue weighted by Crippen LogP contribution is 2.27. The van der Waals surface area contributed by atoms with Crippen LogP contribution in [0.5, 0.6) is 5.19 Å². The van der Waals surface area contributed by atoms with E-state index in [2.05, 4.69) is 15.5 Å². The molecule has 0 unspecified atom stereocenters. The Kier molecular flexibility index (Phi) is 6.88. The molecule has 0 spiro atoms. The summed E-state index contributed by atoms with van der Waals surface area (Å²) in [5.74, 6) is -0.344. The van der Waals surface area contributed by atoms with Crippen molar-refractivity contribution >= 4 is 28.5 Å². The lowest BCUT2D eigenvalue weighted by Gasteiger charge is -2.24. The number of amides is 2. The summed E-state index contributed by atoms with van der Waals surface area (Å²) in [6, 6.07) is 9.19. The van der Waals surface area contributed by atoms with Gasteiger partial charge in [0.1, 0.15) is 11.7 Å². The predicted molar refractivity (Wildman–Crippen MR) is 112 cm³/mol. The van der Waals surface area contributed by atoms with Gasteiger partial charge in [-0.3, -0.25) is 10.1 Å². The molecule has 1 fully saturated rings. The van der Waals surface area contributed by atoms with Gasteiger partial charge in [-0.2, -0.15) is 0 Å². The summed E-state index contributed by atoms with van der Waals surface area (Å²) in [5, 5.41) is 11.3. The number of nitrogens with one attached hydrogen (secondary N) is 1. The molecule has 10 heteroatoms. The van der Waals surface area contributed by atoms with E-state index in [0.29, 0.717) is 29.8 Å². The second-order valence-corrected chi connectivity index (χ2v) is 8.78. The number of hydrogen-bond donors (Lipinski definition) is 1. The lowest BCUT2D eigenvalue weighted by Crippen LogP contribution is -2.36. The number of carbonyl (C=O) groups is 2. The zero-order chi connectivity index (χ0) is 21.7. The van der Waals surface area contributed by atoms with Crippen molar-refractivity contribution in [3.63, 3.8) is 0 Å². The minimum absolute atomic E-state index is 0.204. The first-order valence-corrected chi connectivity index (χ1v) is 10.4. The Morgan fingerprint density at radius 3 is 2.63 bits per heavy atom. The molecule has 0 radical (unpaired) electrons. The van der Waals surface area contributed by atoms with Gasteiger partial charge in [-0.05, 0) is 37.7 Å². The molecule has 0 bridgehead atoms. The van der Waals surface area contributed by atoms with Crippen LogP contribution in [0.15, 0.2) is 30.3 Å². The van der Waals surface area contributed by atoms with E-state index >= 15 is 0 Å². The lowest BCUT2D eigenvalue weighted by molar-refractivity contribution is -0.126. The molecule has 30 heavy (non-hydrogen) atoms. The number of benzene rings is 1. The maximum absolute atomic E-state index is 12.5. The summed E-state index contributed by atoms with van der Waals surface area (Å²) < 4.78 is 16.5. The molecule has 2 amide bonds. The summed E-state index contributed by atoms with van der Waals surface area (Å²) in [5.41, 5.74) is 0.203. The van der Waals surface area contributed by atoms with Gasteiger partial charge in [0, 0.05) is 20.1 Å². The molecule has 0 aliphatic carbocycles. The molecule has 3 rings (SSSR count). The highest BCUT2D eigenvalue weighted by molar-refractivity contribution is 7.17. The van der Waals surface area contributed by atoms with Gasteiger partial charge in [-0.1, -0.05) is 35.4 Å². The molecule has 2 aromatic rings. The van der Waals surface area contributed by atoms with Crippen molar-refractivity contribution in [3.8, 4) is 5.19 Å². The van der Waals surface area contributed by atoms with Crippen molar-refractivity contribution < 1.29 is 23.8 Å². The van der Waals surface area contributed by atoms with Crippen molar-refractivity contribution in [2.75, 3.05) is 25.5 Å². The van der Waals surface area contributed by atoms with Crippen molar-refractivity contribution in [1.82, 2.24) is 15.1 Å². The molecule has 9 nitrogen and oxygen atoms in total. The van der Waals surface area contributed by atoms with E-state index in [1.165, 1.54) is 7.11 Å². The van der Waals surface area contributed by atoms with E-state index in [9.17, 15) is 9.59 Å². The van der Waals surface area contributed by atoms with Crippen LogP contribution in [0.4, 0.5) is 9.93 Å². The first-order chi connectivity index (χ1) is 14.2. The number of ether oxygens (including phenoxy) is 3. The quantitative estimate of drug-likeness (QED) is 0.744. The van der Waals surface area contributed by atoms with Crippen molar-refractivity contribution in [1.29, 1.82) is 0 Å². The largest absolute Gasteiger partial charge is 0.464 e. The van der Waals surface area contributed by atoms with E-state index in [0.717, 1.165) is 16.9 Å². The van der Waals surface area contributed by atoms with Crippen LogP contribution in [-0.2, 0) is 14.3 Å². The minimum Gasteiger partial charge on any atom is -0.464 e. The zero-order valence-electron chi connectivity index (χ0n) is 17.5. The van der Waals surface area contributed by atoms with Gasteiger partial charge in [0.05, 0.1) is 6.54 Å². The minimum atomic E-state index is -0.753. The molecule has 1 aliphatic rings. The van der Waals surface area contributed by atoms with Crippen molar-refractivity contribution in [3.05, 3.63) is 35.9 Å². The normalized spacial score (nSPS) is 17.5. The van der Waals surface area contributed by atoms with E-state index in [1.807, 2.05) is 51.1 Å². The Morgan fingerprint density at radius 1 is 1.23 bits per heavy atom. The number of nitrogens with zero attached hydrogens (tertiary/aromatic N) is 3. The van der Waals surface area contributed by atoms with Gasteiger partial charge in [-0.15, -0.1) is 5.10 Å². The molecule has 2 atom stereocenters. The van der Waals surface area contributed by atoms with Crippen LogP contribution in [0, 0.1) is 0 Å². The molecule has 162 valence electrons. The third kappa shape index (κ3) is 5.90. The number of aromatic nitrogens is 2. The van der Waals surface area contributed by atoms with Crippen LogP contribution in [0.2, 0.25) is 0 Å². The fourth-order valence-corrected chi connectivity index (χ4v) is 3.62. The molecule has 1 saturated heterocycles. The monoisotopic (exact) mass is 434 g/mol. The fourth-order valence-electron chi connectivity index (χ4n) is 2.96. The van der Waals surface area contributed by atoms with E-state index in [4.69, 9.17) is 14.2 Å². The van der Waals surface area contributed by atoms with Gasteiger partial charge in [0.2, 0.25) is 5.13 Å². The van der Waals surface area contributed by atoms with Crippen LogP contribution in [-0.4, -0.2) is 59.0 Å². The first-order valence-electron chi connectivity index (χ1n) is 9.62. The molecule has 1 aliphatic heterocycles. The fraction of sp³-hybridized carbons (Fsp3) is 0.500.